The van der Waals surface area contributed by atoms with Crippen molar-refractivity contribution in [3.05, 3.63) is 36.0 Å². The molecule has 6 heteroatoms. The summed E-state index contributed by atoms with van der Waals surface area (Å²) >= 11 is 0. The summed E-state index contributed by atoms with van der Waals surface area (Å²) in [6.07, 6.45) is 2.73. The van der Waals surface area contributed by atoms with Crippen molar-refractivity contribution in [2.45, 2.75) is 26.3 Å². The molecular weight excluding hydrogens is 328 g/mol. The minimum Gasteiger partial charge on any atom is -0.465 e. The number of nitrogens with zero attached hydrogens (tertiary/aromatic N) is 3. The number of esters is 1. The summed E-state index contributed by atoms with van der Waals surface area (Å²) in [6.45, 7) is 6.40. The number of nitriles is 1. The minimum absolute atomic E-state index is 0.213. The lowest BCUT2D eigenvalue weighted by Gasteiger charge is -2.38. The Morgan fingerprint density at radius 2 is 2.27 bits per heavy atom. The van der Waals surface area contributed by atoms with E-state index in [9.17, 15) is 10.1 Å². The van der Waals surface area contributed by atoms with E-state index in [0.29, 0.717) is 18.1 Å². The highest BCUT2D eigenvalue weighted by molar-refractivity contribution is 5.95. The monoisotopic (exact) mass is 352 g/mol. The van der Waals surface area contributed by atoms with Gasteiger partial charge < -0.3 is 15.0 Å². The van der Waals surface area contributed by atoms with E-state index in [1.54, 1.807) is 6.20 Å². The highest BCUT2D eigenvalue weighted by Gasteiger charge is 2.26. The summed E-state index contributed by atoms with van der Waals surface area (Å²) in [6, 6.07) is 10.2. The lowest BCUT2D eigenvalue weighted by atomic mass is 9.94. The number of anilines is 1. The molecule has 0 amide bonds. The van der Waals surface area contributed by atoms with E-state index in [4.69, 9.17) is 4.74 Å². The fourth-order valence-corrected chi connectivity index (χ4v) is 3.66. The number of pyridine rings is 1. The first-order chi connectivity index (χ1) is 12.6. The number of hydrogen-bond acceptors (Lipinski definition) is 6. The number of benzene rings is 1. The van der Waals surface area contributed by atoms with Crippen molar-refractivity contribution < 1.29 is 9.53 Å². The molecule has 6 nitrogen and oxygen atoms in total. The number of aromatic nitrogens is 1. The standard InChI is InChI=1S/C20H24N4O2/c1-3-26-19(25)11-23-16-9-14(2)12-24(13-16)18-7-6-15(10-21)20-17(18)5-4-8-22-20/h4-8,14,16,23H,3,9,11-13H2,1-2H3/t14-,16?/m1/s1. The first kappa shape index (κ1) is 18.2. The molecule has 136 valence electrons. The summed E-state index contributed by atoms with van der Waals surface area (Å²) in [4.78, 5) is 18.3. The number of ether oxygens (including phenoxy) is 1. The van der Waals surface area contributed by atoms with Crippen LogP contribution in [-0.2, 0) is 9.53 Å². The largest absolute Gasteiger partial charge is 0.465 e. The van der Waals surface area contributed by atoms with Crippen LogP contribution in [0.5, 0.6) is 0 Å². The van der Waals surface area contributed by atoms with Crippen molar-refractivity contribution in [1.29, 1.82) is 5.26 Å². The third-order valence-electron chi connectivity index (χ3n) is 4.71. The van der Waals surface area contributed by atoms with Crippen LogP contribution in [0, 0.1) is 17.2 Å². The second-order valence-electron chi connectivity index (χ2n) is 6.77. The van der Waals surface area contributed by atoms with Crippen LogP contribution in [0.3, 0.4) is 0 Å². The van der Waals surface area contributed by atoms with Crippen molar-refractivity contribution >= 4 is 22.6 Å². The van der Waals surface area contributed by atoms with Crippen LogP contribution in [0.1, 0.15) is 25.8 Å². The van der Waals surface area contributed by atoms with Gasteiger partial charge in [-0.25, -0.2) is 0 Å². The Morgan fingerprint density at radius 3 is 3.04 bits per heavy atom. The minimum atomic E-state index is -0.217. The molecule has 1 saturated heterocycles. The number of piperidine rings is 1. The lowest BCUT2D eigenvalue weighted by molar-refractivity contribution is -0.142. The van der Waals surface area contributed by atoms with E-state index in [-0.39, 0.29) is 18.6 Å². The molecule has 3 rings (SSSR count). The van der Waals surface area contributed by atoms with E-state index in [0.717, 1.165) is 36.1 Å². The molecule has 26 heavy (non-hydrogen) atoms. The molecule has 1 aromatic carbocycles. The molecule has 1 N–H and O–H groups in total. The molecule has 1 unspecified atom stereocenters. The summed E-state index contributed by atoms with van der Waals surface area (Å²) < 4.78 is 5.00. The first-order valence-corrected chi connectivity index (χ1v) is 9.04. The predicted octanol–water partition coefficient (Wildman–Crippen LogP) is 2.47. The highest BCUT2D eigenvalue weighted by atomic mass is 16.5. The van der Waals surface area contributed by atoms with Crippen LogP contribution in [0.15, 0.2) is 30.5 Å². The normalized spacial score (nSPS) is 20.0. The average Bonchev–Trinajstić information content (AvgIpc) is 2.65. The Hall–Kier alpha value is -2.65. The van der Waals surface area contributed by atoms with Crippen LogP contribution >= 0.6 is 0 Å². The summed E-state index contributed by atoms with van der Waals surface area (Å²) in [7, 11) is 0. The van der Waals surface area contributed by atoms with Crippen molar-refractivity contribution in [2.24, 2.45) is 5.92 Å². The first-order valence-electron chi connectivity index (χ1n) is 9.04. The molecular formula is C20H24N4O2. The Bertz CT molecular complexity index is 830. The Balaban J connectivity index is 1.81. The molecule has 1 aliphatic rings. The number of hydrogen-bond donors (Lipinski definition) is 1. The Kier molecular flexibility index (Phi) is 5.69. The molecule has 1 fully saturated rings. The van der Waals surface area contributed by atoms with Gasteiger partial charge in [-0.2, -0.15) is 5.26 Å². The third-order valence-corrected chi connectivity index (χ3v) is 4.71. The molecule has 2 heterocycles. The quantitative estimate of drug-likeness (QED) is 0.833. The van der Waals surface area contributed by atoms with Crippen molar-refractivity contribution in [2.75, 3.05) is 31.1 Å². The van der Waals surface area contributed by atoms with Gasteiger partial charge in [0.25, 0.3) is 0 Å². The van der Waals surface area contributed by atoms with Gasteiger partial charge in [0, 0.05) is 36.4 Å². The maximum absolute atomic E-state index is 11.6. The van der Waals surface area contributed by atoms with Crippen molar-refractivity contribution in [3.8, 4) is 6.07 Å². The van der Waals surface area contributed by atoms with Crippen LogP contribution in [0.2, 0.25) is 0 Å². The lowest BCUT2D eigenvalue weighted by Crippen LogP contribution is -2.50. The third kappa shape index (κ3) is 3.94. The predicted molar refractivity (Wildman–Crippen MR) is 101 cm³/mol. The summed E-state index contributed by atoms with van der Waals surface area (Å²) in [5, 5.41) is 13.6. The van der Waals surface area contributed by atoms with Gasteiger partial charge in [-0.05, 0) is 43.5 Å². The highest BCUT2D eigenvalue weighted by Crippen LogP contribution is 2.31. The topological polar surface area (TPSA) is 78.2 Å². The van der Waals surface area contributed by atoms with Gasteiger partial charge in [-0.3, -0.25) is 9.78 Å². The SMILES string of the molecule is CCOC(=O)CNC1C[C@@H](C)CN(c2ccc(C#N)c3ncccc23)C1. The van der Waals surface area contributed by atoms with E-state index >= 15 is 0 Å². The number of nitrogens with one attached hydrogen (secondary N) is 1. The maximum atomic E-state index is 11.6. The van der Waals surface area contributed by atoms with Crippen molar-refractivity contribution in [3.63, 3.8) is 0 Å². The van der Waals surface area contributed by atoms with E-state index in [1.165, 1.54) is 0 Å². The molecule has 0 saturated carbocycles. The zero-order valence-electron chi connectivity index (χ0n) is 15.2. The van der Waals surface area contributed by atoms with Gasteiger partial charge in [0.15, 0.2) is 0 Å². The van der Waals surface area contributed by atoms with Crippen LogP contribution in [0.4, 0.5) is 5.69 Å². The molecule has 0 aliphatic carbocycles. The van der Waals surface area contributed by atoms with Crippen LogP contribution < -0.4 is 10.2 Å². The summed E-state index contributed by atoms with van der Waals surface area (Å²) in [5.74, 6) is 0.274. The molecule has 0 spiro atoms. The van der Waals surface area contributed by atoms with Crippen LogP contribution in [-0.4, -0.2) is 43.2 Å². The molecule has 0 radical (unpaired) electrons. The maximum Gasteiger partial charge on any atom is 0.319 e. The van der Waals surface area contributed by atoms with Gasteiger partial charge in [0.1, 0.15) is 6.07 Å². The zero-order valence-corrected chi connectivity index (χ0v) is 15.2. The Morgan fingerprint density at radius 1 is 1.42 bits per heavy atom. The number of rotatable bonds is 5. The summed E-state index contributed by atoms with van der Waals surface area (Å²) in [5.41, 5.74) is 2.41. The van der Waals surface area contributed by atoms with E-state index in [1.807, 2.05) is 31.2 Å². The van der Waals surface area contributed by atoms with Gasteiger partial charge in [0.05, 0.1) is 24.2 Å². The Labute approximate surface area is 153 Å². The molecule has 1 aromatic heterocycles. The zero-order chi connectivity index (χ0) is 18.5. The van der Waals surface area contributed by atoms with Gasteiger partial charge in [-0.1, -0.05) is 6.92 Å². The molecule has 0 bridgehead atoms. The van der Waals surface area contributed by atoms with Gasteiger partial charge in [0.2, 0.25) is 0 Å². The van der Waals surface area contributed by atoms with Crippen molar-refractivity contribution in [1.82, 2.24) is 10.3 Å². The fraction of sp³-hybridized carbons (Fsp3) is 0.450. The van der Waals surface area contributed by atoms with E-state index < -0.39 is 0 Å². The molecule has 2 aromatic rings. The van der Waals surface area contributed by atoms with Gasteiger partial charge >= 0.3 is 5.97 Å². The smallest absolute Gasteiger partial charge is 0.319 e. The average molecular weight is 352 g/mol. The second kappa shape index (κ2) is 8.15. The number of carbonyl (C=O) groups excluding carboxylic acids is 1. The van der Waals surface area contributed by atoms with Crippen LogP contribution in [0.25, 0.3) is 10.9 Å². The fourth-order valence-electron chi connectivity index (χ4n) is 3.66. The molecule has 1 aliphatic heterocycles. The second-order valence-corrected chi connectivity index (χ2v) is 6.77. The number of fused-ring (bicyclic) bond motifs is 1. The number of carbonyl (C=O) groups is 1. The molecule has 2 atom stereocenters. The van der Waals surface area contributed by atoms with Gasteiger partial charge in [-0.15, -0.1) is 0 Å². The van der Waals surface area contributed by atoms with E-state index in [2.05, 4.69) is 28.2 Å².